The average molecular weight is 385 g/mol. The molecule has 3 amide bonds. The Kier molecular flexibility index (Phi) is 6.36. The molecule has 9 nitrogen and oxygen atoms in total. The summed E-state index contributed by atoms with van der Waals surface area (Å²) in [5, 5.41) is 9.00. The summed E-state index contributed by atoms with van der Waals surface area (Å²) in [5.74, 6) is -0.942. The molecule has 0 aliphatic heterocycles. The van der Waals surface area contributed by atoms with Crippen LogP contribution in [0.3, 0.4) is 0 Å². The van der Waals surface area contributed by atoms with E-state index < -0.39 is 24.5 Å². The van der Waals surface area contributed by atoms with Crippen molar-refractivity contribution in [3.63, 3.8) is 0 Å². The quantitative estimate of drug-likeness (QED) is 0.759. The summed E-state index contributed by atoms with van der Waals surface area (Å²) in [7, 11) is 0. The molecule has 9 heteroatoms. The van der Waals surface area contributed by atoms with E-state index in [4.69, 9.17) is 4.74 Å². The van der Waals surface area contributed by atoms with Crippen molar-refractivity contribution >= 4 is 17.9 Å². The molecule has 148 valence electrons. The van der Waals surface area contributed by atoms with Crippen LogP contribution in [0.15, 0.2) is 36.9 Å². The lowest BCUT2D eigenvalue weighted by Crippen LogP contribution is -2.48. The van der Waals surface area contributed by atoms with Crippen LogP contribution in [0.5, 0.6) is 0 Å². The van der Waals surface area contributed by atoms with Gasteiger partial charge in [-0.25, -0.2) is 19.3 Å². The molecule has 0 saturated heterocycles. The van der Waals surface area contributed by atoms with Gasteiger partial charge >= 0.3 is 12.0 Å². The van der Waals surface area contributed by atoms with Crippen molar-refractivity contribution in [2.75, 3.05) is 6.61 Å². The first kappa shape index (κ1) is 19.5. The van der Waals surface area contributed by atoms with Crippen LogP contribution >= 0.6 is 0 Å². The molecule has 1 saturated carbocycles. The normalized spacial score (nSPS) is 18.9. The molecule has 1 aliphatic carbocycles. The number of nitrogens with one attached hydrogen (secondary N) is 2. The fourth-order valence-corrected chi connectivity index (χ4v) is 3.20. The zero-order chi connectivity index (χ0) is 19.9. The number of carbonyl (C=O) groups is 3. The maximum absolute atomic E-state index is 12.1. The first-order valence-corrected chi connectivity index (χ1v) is 9.25. The number of rotatable bonds is 5. The fourth-order valence-electron chi connectivity index (χ4n) is 3.20. The molecular formula is C19H23N5O4. The van der Waals surface area contributed by atoms with E-state index in [1.807, 2.05) is 0 Å². The van der Waals surface area contributed by atoms with Gasteiger partial charge in [0.15, 0.2) is 6.61 Å². The molecule has 0 radical (unpaired) electrons. The molecule has 2 N–H and O–H groups in total. The lowest BCUT2D eigenvalue weighted by Gasteiger charge is -2.29. The van der Waals surface area contributed by atoms with Crippen LogP contribution in [0.1, 0.15) is 43.0 Å². The Morgan fingerprint density at radius 3 is 2.61 bits per heavy atom. The summed E-state index contributed by atoms with van der Waals surface area (Å²) in [6, 6.07) is 6.00. The van der Waals surface area contributed by atoms with Gasteiger partial charge in [-0.3, -0.25) is 10.1 Å². The van der Waals surface area contributed by atoms with E-state index in [0.717, 1.165) is 31.4 Å². The number of ether oxygens (including phenoxy) is 1. The Hall–Kier alpha value is -3.23. The summed E-state index contributed by atoms with van der Waals surface area (Å²) < 4.78 is 6.52. The molecule has 2 aromatic rings. The highest BCUT2D eigenvalue weighted by Gasteiger charge is 2.23. The number of benzene rings is 1. The Bertz CT molecular complexity index is 819. The number of urea groups is 1. The van der Waals surface area contributed by atoms with Crippen molar-refractivity contribution in [1.29, 1.82) is 0 Å². The third kappa shape index (κ3) is 5.15. The summed E-state index contributed by atoms with van der Waals surface area (Å²) in [4.78, 5) is 39.7. The van der Waals surface area contributed by atoms with Gasteiger partial charge < -0.3 is 10.1 Å². The monoisotopic (exact) mass is 385 g/mol. The second kappa shape index (κ2) is 9.12. The van der Waals surface area contributed by atoms with Crippen molar-refractivity contribution in [2.45, 2.75) is 38.6 Å². The average Bonchev–Trinajstić information content (AvgIpc) is 3.23. The summed E-state index contributed by atoms with van der Waals surface area (Å²) >= 11 is 0. The third-order valence-electron chi connectivity index (χ3n) is 4.80. The van der Waals surface area contributed by atoms with Gasteiger partial charge in [0, 0.05) is 6.04 Å². The van der Waals surface area contributed by atoms with Gasteiger partial charge in [0.2, 0.25) is 0 Å². The van der Waals surface area contributed by atoms with Gasteiger partial charge in [-0.1, -0.05) is 19.8 Å². The minimum atomic E-state index is -0.673. The fraction of sp³-hybridized carbons (Fsp3) is 0.421. The topological polar surface area (TPSA) is 115 Å². The van der Waals surface area contributed by atoms with Crippen molar-refractivity contribution in [2.24, 2.45) is 5.92 Å². The zero-order valence-electron chi connectivity index (χ0n) is 15.6. The maximum atomic E-state index is 12.1. The van der Waals surface area contributed by atoms with Gasteiger partial charge in [0.05, 0.1) is 11.3 Å². The van der Waals surface area contributed by atoms with E-state index in [1.54, 1.807) is 28.9 Å². The largest absolute Gasteiger partial charge is 0.452 e. The number of hydrogen-bond acceptors (Lipinski definition) is 6. The minimum absolute atomic E-state index is 0.0626. The van der Waals surface area contributed by atoms with Crippen molar-refractivity contribution in [1.82, 2.24) is 25.4 Å². The molecule has 0 spiro atoms. The van der Waals surface area contributed by atoms with Gasteiger partial charge in [0.1, 0.15) is 12.7 Å². The van der Waals surface area contributed by atoms with E-state index in [9.17, 15) is 14.4 Å². The van der Waals surface area contributed by atoms with Crippen LogP contribution in [0.25, 0.3) is 5.69 Å². The smallest absolute Gasteiger partial charge is 0.338 e. The van der Waals surface area contributed by atoms with Crippen molar-refractivity contribution < 1.29 is 19.1 Å². The number of nitrogens with zero attached hydrogens (tertiary/aromatic N) is 3. The Balaban J connectivity index is 1.43. The van der Waals surface area contributed by atoms with Crippen molar-refractivity contribution in [3.05, 3.63) is 42.5 Å². The maximum Gasteiger partial charge on any atom is 0.338 e. The molecule has 1 aromatic carbocycles. The minimum Gasteiger partial charge on any atom is -0.452 e. The standard InChI is InChI=1S/C19H23N5O4/c1-13-4-2-3-5-16(13)22-19(27)23-17(25)10-28-18(26)14-6-8-15(9-7-14)24-12-20-11-21-24/h6-9,11-13,16H,2-5,10H2,1H3,(H2,22,23,25,27)/t13-,16+/m1/s1. The molecule has 28 heavy (non-hydrogen) atoms. The highest BCUT2D eigenvalue weighted by atomic mass is 16.5. The van der Waals surface area contributed by atoms with Gasteiger partial charge in [-0.05, 0) is 43.0 Å². The number of esters is 1. The van der Waals surface area contributed by atoms with E-state index in [2.05, 4.69) is 27.6 Å². The highest BCUT2D eigenvalue weighted by Crippen LogP contribution is 2.23. The van der Waals surface area contributed by atoms with Gasteiger partial charge in [-0.2, -0.15) is 5.10 Å². The van der Waals surface area contributed by atoms with Crippen LogP contribution in [-0.2, 0) is 9.53 Å². The lowest BCUT2D eigenvalue weighted by molar-refractivity contribution is -0.123. The molecule has 1 heterocycles. The number of amides is 3. The lowest BCUT2D eigenvalue weighted by atomic mass is 9.86. The number of carbonyl (C=O) groups excluding carboxylic acids is 3. The summed E-state index contributed by atoms with van der Waals surface area (Å²) in [6.45, 7) is 1.55. The molecule has 3 rings (SSSR count). The molecule has 2 atom stereocenters. The summed E-state index contributed by atoms with van der Waals surface area (Å²) in [6.07, 6.45) is 7.14. The van der Waals surface area contributed by atoms with E-state index >= 15 is 0 Å². The Morgan fingerprint density at radius 1 is 1.18 bits per heavy atom. The van der Waals surface area contributed by atoms with Gasteiger partial charge in [0.25, 0.3) is 5.91 Å². The van der Waals surface area contributed by atoms with Crippen LogP contribution < -0.4 is 10.6 Å². The predicted octanol–water partition coefficient (Wildman–Crippen LogP) is 1.83. The zero-order valence-corrected chi connectivity index (χ0v) is 15.6. The number of hydrogen-bond donors (Lipinski definition) is 2. The third-order valence-corrected chi connectivity index (χ3v) is 4.80. The van der Waals surface area contributed by atoms with Crippen molar-refractivity contribution in [3.8, 4) is 5.69 Å². The van der Waals surface area contributed by atoms with Crippen LogP contribution in [0.2, 0.25) is 0 Å². The number of imide groups is 1. The van der Waals surface area contributed by atoms with E-state index in [0.29, 0.717) is 5.92 Å². The first-order valence-electron chi connectivity index (χ1n) is 9.25. The summed E-state index contributed by atoms with van der Waals surface area (Å²) in [5.41, 5.74) is 1.03. The SMILES string of the molecule is C[C@@H]1CCCC[C@@H]1NC(=O)NC(=O)COC(=O)c1ccc(-n2cncn2)cc1. The van der Waals surface area contributed by atoms with Crippen LogP contribution in [-0.4, -0.2) is 45.3 Å². The first-order chi connectivity index (χ1) is 13.5. The Labute approximate surface area is 162 Å². The van der Waals surface area contributed by atoms with E-state index in [-0.39, 0.29) is 11.6 Å². The van der Waals surface area contributed by atoms with E-state index in [1.165, 1.54) is 12.7 Å². The molecule has 1 aromatic heterocycles. The second-order valence-electron chi connectivity index (χ2n) is 6.85. The molecule has 0 bridgehead atoms. The second-order valence-corrected chi connectivity index (χ2v) is 6.85. The highest BCUT2D eigenvalue weighted by molar-refractivity contribution is 5.97. The molecule has 1 aliphatic rings. The van der Waals surface area contributed by atoms with Gasteiger partial charge in [-0.15, -0.1) is 0 Å². The van der Waals surface area contributed by atoms with Crippen LogP contribution in [0.4, 0.5) is 4.79 Å². The molecular weight excluding hydrogens is 362 g/mol. The predicted molar refractivity (Wildman–Crippen MR) is 99.7 cm³/mol. The number of aromatic nitrogens is 3. The Morgan fingerprint density at radius 2 is 1.93 bits per heavy atom. The van der Waals surface area contributed by atoms with Crippen LogP contribution in [0, 0.1) is 5.92 Å². The molecule has 0 unspecified atom stereocenters. The molecule has 1 fully saturated rings.